The highest BCUT2D eigenvalue weighted by molar-refractivity contribution is 5.48. The van der Waals surface area contributed by atoms with Crippen molar-refractivity contribution in [3.63, 3.8) is 0 Å². The van der Waals surface area contributed by atoms with Gasteiger partial charge in [-0.1, -0.05) is 0 Å². The molecule has 2 aromatic heterocycles. The second-order valence-corrected chi connectivity index (χ2v) is 3.89. The first-order valence-corrected chi connectivity index (χ1v) is 5.21. The number of aryl methyl sites for hydroxylation is 1. The van der Waals surface area contributed by atoms with Crippen molar-refractivity contribution in [2.75, 3.05) is 0 Å². The van der Waals surface area contributed by atoms with E-state index in [1.54, 1.807) is 13.8 Å². The van der Waals surface area contributed by atoms with Crippen LogP contribution in [0.3, 0.4) is 0 Å². The van der Waals surface area contributed by atoms with E-state index in [4.69, 9.17) is 5.26 Å². The predicted molar refractivity (Wildman–Crippen MR) is 58.3 cm³/mol. The number of nitrogens with zero attached hydrogens (tertiary/aromatic N) is 5. The van der Waals surface area contributed by atoms with Gasteiger partial charge in [0.25, 0.3) is 0 Å². The van der Waals surface area contributed by atoms with Gasteiger partial charge in [-0.15, -0.1) is 5.10 Å². The molecule has 0 N–H and O–H groups in total. The molecule has 0 aromatic carbocycles. The molecule has 19 heavy (non-hydrogen) atoms. The number of alkyl halides is 3. The summed E-state index contributed by atoms with van der Waals surface area (Å²) in [5.41, 5.74) is 0.362. The van der Waals surface area contributed by atoms with Crippen molar-refractivity contribution in [2.45, 2.75) is 20.0 Å². The van der Waals surface area contributed by atoms with Crippen LogP contribution in [0.5, 0.6) is 0 Å². The van der Waals surface area contributed by atoms with Crippen molar-refractivity contribution < 1.29 is 13.2 Å². The summed E-state index contributed by atoms with van der Waals surface area (Å²) in [5.74, 6) is -0.0129. The highest BCUT2D eigenvalue weighted by Crippen LogP contribution is 2.29. The fourth-order valence-corrected chi connectivity index (χ4v) is 1.48. The second-order valence-electron chi connectivity index (χ2n) is 3.89. The Kier molecular flexibility index (Phi) is 2.98. The summed E-state index contributed by atoms with van der Waals surface area (Å²) in [7, 11) is 0. The fourth-order valence-electron chi connectivity index (χ4n) is 1.48. The number of nitriles is 1. The molecule has 0 aliphatic carbocycles. The SMILES string of the molecule is Cc1nnc(-n2cc(C(F)(F)F)cn2)c(C#N)c1C. The third kappa shape index (κ3) is 2.27. The van der Waals surface area contributed by atoms with Crippen molar-refractivity contribution in [1.82, 2.24) is 20.0 Å². The molecule has 0 saturated heterocycles. The molecular weight excluding hydrogens is 259 g/mol. The van der Waals surface area contributed by atoms with E-state index < -0.39 is 11.7 Å². The zero-order chi connectivity index (χ0) is 14.2. The van der Waals surface area contributed by atoms with Gasteiger partial charge in [-0.3, -0.25) is 0 Å². The summed E-state index contributed by atoms with van der Waals surface area (Å²) >= 11 is 0. The molecule has 0 unspecified atom stereocenters. The van der Waals surface area contributed by atoms with Crippen LogP contribution in [0.1, 0.15) is 22.4 Å². The van der Waals surface area contributed by atoms with Crippen molar-refractivity contribution in [2.24, 2.45) is 0 Å². The van der Waals surface area contributed by atoms with Gasteiger partial charge in [0, 0.05) is 6.20 Å². The minimum atomic E-state index is -4.49. The summed E-state index contributed by atoms with van der Waals surface area (Å²) < 4.78 is 38.4. The number of aromatic nitrogens is 4. The van der Waals surface area contributed by atoms with Crippen LogP contribution in [0.4, 0.5) is 13.2 Å². The fraction of sp³-hybridized carbons (Fsp3) is 0.273. The van der Waals surface area contributed by atoms with E-state index in [9.17, 15) is 13.2 Å². The van der Waals surface area contributed by atoms with Crippen LogP contribution in [0.2, 0.25) is 0 Å². The predicted octanol–water partition coefficient (Wildman–Crippen LogP) is 2.17. The summed E-state index contributed by atoms with van der Waals surface area (Å²) in [4.78, 5) is 0. The van der Waals surface area contributed by atoms with Crippen LogP contribution in [0.15, 0.2) is 12.4 Å². The van der Waals surface area contributed by atoms with Gasteiger partial charge >= 0.3 is 6.18 Å². The number of hydrogen-bond acceptors (Lipinski definition) is 4. The Bertz CT molecular complexity index is 666. The molecule has 0 fully saturated rings. The molecule has 98 valence electrons. The zero-order valence-corrected chi connectivity index (χ0v) is 10.0. The molecule has 0 amide bonds. The van der Waals surface area contributed by atoms with Gasteiger partial charge in [0.15, 0.2) is 5.82 Å². The molecule has 2 rings (SSSR count). The molecule has 2 aromatic rings. The lowest BCUT2D eigenvalue weighted by atomic mass is 10.1. The van der Waals surface area contributed by atoms with Gasteiger partial charge in [-0.2, -0.15) is 28.6 Å². The minimum Gasteiger partial charge on any atom is -0.219 e. The first kappa shape index (κ1) is 13.0. The highest BCUT2D eigenvalue weighted by atomic mass is 19.4. The molecule has 8 heteroatoms. The Morgan fingerprint density at radius 1 is 1.26 bits per heavy atom. The van der Waals surface area contributed by atoms with E-state index in [2.05, 4.69) is 15.3 Å². The third-order valence-corrected chi connectivity index (χ3v) is 2.67. The smallest absolute Gasteiger partial charge is 0.219 e. The third-order valence-electron chi connectivity index (χ3n) is 2.67. The quantitative estimate of drug-likeness (QED) is 0.794. The van der Waals surface area contributed by atoms with E-state index in [0.717, 1.165) is 10.9 Å². The van der Waals surface area contributed by atoms with Crippen molar-refractivity contribution >= 4 is 0 Å². The van der Waals surface area contributed by atoms with Crippen molar-refractivity contribution in [3.05, 3.63) is 34.8 Å². The molecule has 0 aliphatic heterocycles. The van der Waals surface area contributed by atoms with E-state index in [0.29, 0.717) is 17.5 Å². The lowest BCUT2D eigenvalue weighted by molar-refractivity contribution is -0.137. The van der Waals surface area contributed by atoms with E-state index in [1.807, 2.05) is 6.07 Å². The van der Waals surface area contributed by atoms with Crippen LogP contribution in [0, 0.1) is 25.2 Å². The lowest BCUT2D eigenvalue weighted by Gasteiger charge is -2.06. The molecule has 5 nitrogen and oxygen atoms in total. The number of hydrogen-bond donors (Lipinski definition) is 0. The summed E-state index contributed by atoms with van der Waals surface area (Å²) in [6, 6.07) is 1.91. The first-order chi connectivity index (χ1) is 8.84. The lowest BCUT2D eigenvalue weighted by Crippen LogP contribution is -2.07. The molecule has 0 spiro atoms. The highest BCUT2D eigenvalue weighted by Gasteiger charge is 2.32. The average molecular weight is 267 g/mol. The van der Waals surface area contributed by atoms with Gasteiger partial charge in [-0.25, -0.2) is 4.68 Å². The Labute approximate surface area is 106 Å². The monoisotopic (exact) mass is 267 g/mol. The van der Waals surface area contributed by atoms with Crippen molar-refractivity contribution in [1.29, 1.82) is 5.26 Å². The van der Waals surface area contributed by atoms with Crippen LogP contribution in [0.25, 0.3) is 5.82 Å². The van der Waals surface area contributed by atoms with Gasteiger partial charge in [-0.05, 0) is 19.4 Å². The van der Waals surface area contributed by atoms with Gasteiger partial charge in [0.05, 0.1) is 17.5 Å². The number of rotatable bonds is 1. The Morgan fingerprint density at radius 3 is 2.47 bits per heavy atom. The molecule has 0 bridgehead atoms. The molecule has 0 atom stereocenters. The van der Waals surface area contributed by atoms with Gasteiger partial charge < -0.3 is 0 Å². The van der Waals surface area contributed by atoms with Crippen LogP contribution in [-0.2, 0) is 6.18 Å². The second kappa shape index (κ2) is 4.35. The van der Waals surface area contributed by atoms with Crippen LogP contribution >= 0.6 is 0 Å². The molecule has 0 aliphatic rings. The van der Waals surface area contributed by atoms with E-state index >= 15 is 0 Å². The topological polar surface area (TPSA) is 67.4 Å². The minimum absolute atomic E-state index is 0.0129. The summed E-state index contributed by atoms with van der Waals surface area (Å²) in [6.07, 6.45) is -3.03. The Balaban J connectivity index is 2.58. The maximum absolute atomic E-state index is 12.5. The largest absolute Gasteiger partial charge is 0.419 e. The first-order valence-electron chi connectivity index (χ1n) is 5.21. The standard InChI is InChI=1S/C11H8F3N5/c1-6-7(2)17-18-10(9(6)3-15)19-5-8(4-16-19)11(12,13)14/h4-5H,1-2H3. The van der Waals surface area contributed by atoms with Gasteiger partial charge in [0.1, 0.15) is 11.6 Å². The van der Waals surface area contributed by atoms with Crippen LogP contribution < -0.4 is 0 Å². The molecular formula is C11H8F3N5. The van der Waals surface area contributed by atoms with E-state index in [-0.39, 0.29) is 11.4 Å². The summed E-state index contributed by atoms with van der Waals surface area (Å²) in [5, 5.41) is 20.2. The Morgan fingerprint density at radius 2 is 1.95 bits per heavy atom. The van der Waals surface area contributed by atoms with Crippen molar-refractivity contribution in [3.8, 4) is 11.9 Å². The van der Waals surface area contributed by atoms with Crippen LogP contribution in [-0.4, -0.2) is 20.0 Å². The molecule has 0 radical (unpaired) electrons. The zero-order valence-electron chi connectivity index (χ0n) is 10.0. The summed E-state index contributed by atoms with van der Waals surface area (Å²) in [6.45, 7) is 3.32. The Hall–Kier alpha value is -2.43. The van der Waals surface area contributed by atoms with E-state index in [1.165, 1.54) is 0 Å². The average Bonchev–Trinajstić information content (AvgIpc) is 2.81. The van der Waals surface area contributed by atoms with Gasteiger partial charge in [0.2, 0.25) is 0 Å². The molecule has 0 saturated carbocycles. The molecule has 2 heterocycles. The normalized spacial score (nSPS) is 11.4. The maximum atomic E-state index is 12.5. The maximum Gasteiger partial charge on any atom is 0.419 e. The number of halogens is 3.